The minimum absolute atomic E-state index is 0.111. The zero-order valence-corrected chi connectivity index (χ0v) is 10.8. The predicted molar refractivity (Wildman–Crippen MR) is 73.2 cm³/mol. The van der Waals surface area contributed by atoms with Crippen LogP contribution in [0.5, 0.6) is 0 Å². The Hall–Kier alpha value is -2.43. The largest absolute Gasteiger partial charge is 0.352 e. The Morgan fingerprint density at radius 1 is 1.47 bits per heavy atom. The van der Waals surface area contributed by atoms with Crippen LogP contribution in [0, 0.1) is 0 Å². The van der Waals surface area contributed by atoms with Gasteiger partial charge in [0.1, 0.15) is 0 Å². The van der Waals surface area contributed by atoms with Crippen molar-refractivity contribution in [1.29, 1.82) is 0 Å². The number of nitrogens with one attached hydrogen (secondary N) is 1. The molecule has 2 aromatic heterocycles. The van der Waals surface area contributed by atoms with E-state index in [1.807, 2.05) is 31.4 Å². The molecule has 0 aliphatic carbocycles. The number of pyridine rings is 1. The van der Waals surface area contributed by atoms with Gasteiger partial charge in [-0.05, 0) is 18.2 Å². The lowest BCUT2D eigenvalue weighted by Crippen LogP contribution is -2.23. The van der Waals surface area contributed by atoms with Crippen LogP contribution in [0.1, 0.15) is 11.3 Å². The third-order valence-electron chi connectivity index (χ3n) is 2.56. The van der Waals surface area contributed by atoms with Gasteiger partial charge in [-0.25, -0.2) is 0 Å². The van der Waals surface area contributed by atoms with Crippen molar-refractivity contribution in [2.75, 3.05) is 6.54 Å². The van der Waals surface area contributed by atoms with Crippen LogP contribution in [-0.4, -0.2) is 27.2 Å². The number of nitrogens with zero attached hydrogens (tertiary/aromatic N) is 3. The third-order valence-corrected chi connectivity index (χ3v) is 2.56. The van der Waals surface area contributed by atoms with Gasteiger partial charge in [-0.15, -0.1) is 0 Å². The number of rotatable bonds is 5. The Kier molecular flexibility index (Phi) is 4.44. The zero-order valence-electron chi connectivity index (χ0n) is 10.8. The molecule has 0 aliphatic heterocycles. The highest BCUT2D eigenvalue weighted by molar-refractivity contribution is 5.91. The van der Waals surface area contributed by atoms with Crippen LogP contribution < -0.4 is 5.32 Å². The van der Waals surface area contributed by atoms with Gasteiger partial charge in [0, 0.05) is 49.7 Å². The Morgan fingerprint density at radius 3 is 3.05 bits per heavy atom. The number of hydrogen-bond donors (Lipinski definition) is 1. The van der Waals surface area contributed by atoms with E-state index >= 15 is 0 Å². The van der Waals surface area contributed by atoms with E-state index in [1.54, 1.807) is 23.2 Å². The van der Waals surface area contributed by atoms with E-state index in [2.05, 4.69) is 15.4 Å². The first-order chi connectivity index (χ1) is 9.24. The van der Waals surface area contributed by atoms with Crippen LogP contribution in [-0.2, 0) is 18.3 Å². The number of amides is 1. The van der Waals surface area contributed by atoms with Gasteiger partial charge in [0.15, 0.2) is 0 Å². The highest BCUT2D eigenvalue weighted by atomic mass is 16.1. The van der Waals surface area contributed by atoms with Crippen molar-refractivity contribution in [3.05, 3.63) is 54.1 Å². The molecule has 2 heterocycles. The Morgan fingerprint density at radius 2 is 2.37 bits per heavy atom. The first-order valence-corrected chi connectivity index (χ1v) is 6.08. The second-order valence-corrected chi connectivity index (χ2v) is 4.14. The van der Waals surface area contributed by atoms with Crippen molar-refractivity contribution in [1.82, 2.24) is 20.1 Å². The topological polar surface area (TPSA) is 59.8 Å². The first kappa shape index (κ1) is 13.0. The molecule has 0 fully saturated rings. The number of hydrogen-bond acceptors (Lipinski definition) is 3. The normalized spacial score (nSPS) is 10.8. The smallest absolute Gasteiger partial charge is 0.244 e. The molecule has 5 nitrogen and oxygen atoms in total. The van der Waals surface area contributed by atoms with Crippen molar-refractivity contribution < 1.29 is 4.79 Å². The summed E-state index contributed by atoms with van der Waals surface area (Å²) in [5.74, 6) is -0.111. The summed E-state index contributed by atoms with van der Waals surface area (Å²) in [6.45, 7) is 0.577. The monoisotopic (exact) mass is 256 g/mol. The van der Waals surface area contributed by atoms with Crippen LogP contribution in [0.4, 0.5) is 0 Å². The minimum atomic E-state index is -0.111. The number of carbonyl (C=O) groups is 1. The summed E-state index contributed by atoms with van der Waals surface area (Å²) in [6.07, 6.45) is 9.28. The van der Waals surface area contributed by atoms with E-state index in [4.69, 9.17) is 0 Å². The van der Waals surface area contributed by atoms with Gasteiger partial charge >= 0.3 is 0 Å². The summed E-state index contributed by atoms with van der Waals surface area (Å²) in [6, 6.07) is 5.75. The molecule has 1 N–H and O–H groups in total. The minimum Gasteiger partial charge on any atom is -0.352 e. The van der Waals surface area contributed by atoms with Gasteiger partial charge in [0.25, 0.3) is 0 Å². The lowest BCUT2D eigenvalue weighted by Gasteiger charge is -2.01. The molecule has 0 saturated heterocycles. The molecule has 0 atom stereocenters. The molecule has 19 heavy (non-hydrogen) atoms. The van der Waals surface area contributed by atoms with Crippen molar-refractivity contribution >= 4 is 12.0 Å². The molecule has 0 aliphatic rings. The molecule has 0 unspecified atom stereocenters. The highest BCUT2D eigenvalue weighted by Gasteiger charge is 1.97. The van der Waals surface area contributed by atoms with Crippen LogP contribution in [0.25, 0.3) is 6.08 Å². The Labute approximate surface area is 112 Å². The Balaban J connectivity index is 1.74. The predicted octanol–water partition coefficient (Wildman–Crippen LogP) is 1.19. The van der Waals surface area contributed by atoms with Crippen molar-refractivity contribution in [3.8, 4) is 0 Å². The maximum absolute atomic E-state index is 11.6. The maximum Gasteiger partial charge on any atom is 0.244 e. The number of aromatic nitrogens is 3. The van der Waals surface area contributed by atoms with E-state index in [1.165, 1.54) is 6.08 Å². The lowest BCUT2D eigenvalue weighted by molar-refractivity contribution is -0.116. The molecule has 5 heteroatoms. The molecule has 0 radical (unpaired) electrons. The number of carbonyl (C=O) groups excluding carboxylic acids is 1. The van der Waals surface area contributed by atoms with E-state index < -0.39 is 0 Å². The van der Waals surface area contributed by atoms with Gasteiger partial charge in [0.2, 0.25) is 5.91 Å². The van der Waals surface area contributed by atoms with Gasteiger partial charge < -0.3 is 5.32 Å². The first-order valence-electron chi connectivity index (χ1n) is 6.08. The molecule has 2 aromatic rings. The van der Waals surface area contributed by atoms with Crippen LogP contribution in [0.2, 0.25) is 0 Å². The van der Waals surface area contributed by atoms with Crippen LogP contribution >= 0.6 is 0 Å². The lowest BCUT2D eigenvalue weighted by atomic mass is 10.2. The summed E-state index contributed by atoms with van der Waals surface area (Å²) >= 11 is 0. The van der Waals surface area contributed by atoms with Gasteiger partial charge in [0.05, 0.1) is 6.20 Å². The molecule has 98 valence electrons. The van der Waals surface area contributed by atoms with Crippen LogP contribution in [0.3, 0.4) is 0 Å². The third kappa shape index (κ3) is 4.39. The molecule has 0 saturated carbocycles. The van der Waals surface area contributed by atoms with Gasteiger partial charge in [-0.3, -0.25) is 14.5 Å². The molecular weight excluding hydrogens is 240 g/mol. The second-order valence-electron chi connectivity index (χ2n) is 4.14. The zero-order chi connectivity index (χ0) is 13.5. The van der Waals surface area contributed by atoms with E-state index in [9.17, 15) is 4.79 Å². The van der Waals surface area contributed by atoms with E-state index in [0.29, 0.717) is 6.54 Å². The fraction of sp³-hybridized carbons (Fsp3) is 0.214. The van der Waals surface area contributed by atoms with Crippen molar-refractivity contribution in [2.24, 2.45) is 7.05 Å². The summed E-state index contributed by atoms with van der Waals surface area (Å²) in [4.78, 5) is 15.8. The van der Waals surface area contributed by atoms with Gasteiger partial charge in [-0.2, -0.15) is 5.10 Å². The van der Waals surface area contributed by atoms with Crippen LogP contribution in [0.15, 0.2) is 42.9 Å². The quantitative estimate of drug-likeness (QED) is 0.817. The summed E-state index contributed by atoms with van der Waals surface area (Å²) in [5.41, 5.74) is 1.88. The SMILES string of the molecule is Cn1cc(/C=C/C(=O)NCCc2ccccn2)cn1. The molecule has 2 rings (SSSR count). The highest BCUT2D eigenvalue weighted by Crippen LogP contribution is 1.98. The van der Waals surface area contributed by atoms with Gasteiger partial charge in [-0.1, -0.05) is 6.07 Å². The maximum atomic E-state index is 11.6. The van der Waals surface area contributed by atoms with Crippen molar-refractivity contribution in [2.45, 2.75) is 6.42 Å². The molecule has 0 bridgehead atoms. The fourth-order valence-corrected chi connectivity index (χ4v) is 1.62. The summed E-state index contributed by atoms with van der Waals surface area (Å²) in [5, 5.41) is 6.84. The summed E-state index contributed by atoms with van der Waals surface area (Å²) in [7, 11) is 1.84. The van der Waals surface area contributed by atoms with Crippen molar-refractivity contribution in [3.63, 3.8) is 0 Å². The van der Waals surface area contributed by atoms with E-state index in [0.717, 1.165) is 17.7 Å². The number of aryl methyl sites for hydroxylation is 1. The standard InChI is InChI=1S/C14H16N4O/c1-18-11-12(10-17-18)5-6-14(19)16-9-7-13-4-2-3-8-15-13/h2-6,8,10-11H,7,9H2,1H3,(H,16,19)/b6-5+. The fourth-order valence-electron chi connectivity index (χ4n) is 1.62. The Bertz CT molecular complexity index is 560. The molecule has 0 aromatic carbocycles. The molecular formula is C14H16N4O. The second kappa shape index (κ2) is 6.49. The van der Waals surface area contributed by atoms with E-state index in [-0.39, 0.29) is 5.91 Å². The average molecular weight is 256 g/mol. The molecule has 1 amide bonds. The average Bonchev–Trinajstić information content (AvgIpc) is 2.83. The summed E-state index contributed by atoms with van der Waals surface area (Å²) < 4.78 is 1.69. The molecule has 0 spiro atoms.